The summed E-state index contributed by atoms with van der Waals surface area (Å²) in [6, 6.07) is 14.1. The highest BCUT2D eigenvalue weighted by Gasteiger charge is 2.32. The Labute approximate surface area is 128 Å². The molecular formula is C18H15F2NO. The van der Waals surface area contributed by atoms with Gasteiger partial charge in [-0.05, 0) is 35.4 Å². The van der Waals surface area contributed by atoms with E-state index in [4.69, 9.17) is 10.00 Å². The molecule has 0 aromatic heterocycles. The van der Waals surface area contributed by atoms with Crippen LogP contribution in [0.25, 0.3) is 5.57 Å². The van der Waals surface area contributed by atoms with Crippen LogP contribution in [-0.4, -0.2) is 7.11 Å². The number of rotatable bonds is 5. The third-order valence-electron chi connectivity index (χ3n) is 3.37. The Balaban J connectivity index is 2.15. The summed E-state index contributed by atoms with van der Waals surface area (Å²) in [4.78, 5) is 0. The lowest BCUT2D eigenvalue weighted by Crippen LogP contribution is -2.13. The Hall–Kier alpha value is -2.67. The number of ether oxygens (including phenoxy) is 1. The molecule has 0 saturated heterocycles. The maximum Gasteiger partial charge on any atom is 0.277 e. The van der Waals surface area contributed by atoms with E-state index in [1.165, 1.54) is 24.3 Å². The summed E-state index contributed by atoms with van der Waals surface area (Å²) in [5.74, 6) is -2.37. The number of benzene rings is 2. The second-order valence-corrected chi connectivity index (χ2v) is 4.90. The van der Waals surface area contributed by atoms with Crippen LogP contribution in [-0.2, 0) is 5.92 Å². The van der Waals surface area contributed by atoms with Gasteiger partial charge in [-0.1, -0.05) is 30.8 Å². The zero-order chi connectivity index (χ0) is 16.2. The van der Waals surface area contributed by atoms with Crippen LogP contribution in [0.2, 0.25) is 0 Å². The van der Waals surface area contributed by atoms with E-state index < -0.39 is 12.3 Å². The molecule has 2 aromatic carbocycles. The molecule has 0 aliphatic carbocycles. The second-order valence-electron chi connectivity index (χ2n) is 4.90. The van der Waals surface area contributed by atoms with Gasteiger partial charge in [-0.2, -0.15) is 5.26 Å². The summed E-state index contributed by atoms with van der Waals surface area (Å²) in [7, 11) is 1.54. The van der Waals surface area contributed by atoms with Crippen LogP contribution < -0.4 is 4.74 Å². The molecule has 0 atom stereocenters. The molecule has 0 N–H and O–H groups in total. The highest BCUT2D eigenvalue weighted by Crippen LogP contribution is 2.37. The van der Waals surface area contributed by atoms with Crippen molar-refractivity contribution in [3.63, 3.8) is 0 Å². The van der Waals surface area contributed by atoms with Crippen LogP contribution in [0.4, 0.5) is 8.78 Å². The molecule has 0 spiro atoms. The molecule has 0 aliphatic heterocycles. The quantitative estimate of drug-likeness (QED) is 0.797. The van der Waals surface area contributed by atoms with Gasteiger partial charge in [-0.15, -0.1) is 0 Å². The molecule has 0 fully saturated rings. The van der Waals surface area contributed by atoms with Gasteiger partial charge in [0.2, 0.25) is 0 Å². The summed E-state index contributed by atoms with van der Waals surface area (Å²) in [6.07, 6.45) is -0.481. The number of alkyl halides is 2. The number of nitrogens with zero attached hydrogens (tertiary/aromatic N) is 1. The molecule has 2 rings (SSSR count). The van der Waals surface area contributed by atoms with Gasteiger partial charge in [-0.25, -0.2) is 8.78 Å². The number of nitriles is 1. The predicted molar refractivity (Wildman–Crippen MR) is 81.7 cm³/mol. The molecule has 0 radical (unpaired) electrons. The first-order valence-electron chi connectivity index (χ1n) is 6.67. The molecule has 0 unspecified atom stereocenters. The largest absolute Gasteiger partial charge is 0.497 e. The first-order chi connectivity index (χ1) is 10.5. The van der Waals surface area contributed by atoms with Crippen molar-refractivity contribution in [3.05, 3.63) is 71.8 Å². The van der Waals surface area contributed by atoms with Gasteiger partial charge in [0.05, 0.1) is 18.7 Å². The Bertz CT molecular complexity index is 697. The summed E-state index contributed by atoms with van der Waals surface area (Å²) in [6.45, 7) is 3.75. The first kappa shape index (κ1) is 15.7. The minimum atomic E-state index is -3.04. The van der Waals surface area contributed by atoms with Gasteiger partial charge in [0, 0.05) is 12.0 Å². The molecule has 0 saturated carbocycles. The number of allylic oxidation sites excluding steroid dienone is 1. The fourth-order valence-electron chi connectivity index (χ4n) is 2.09. The third-order valence-corrected chi connectivity index (χ3v) is 3.37. The summed E-state index contributed by atoms with van der Waals surface area (Å²) in [5.41, 5.74) is 1.22. The van der Waals surface area contributed by atoms with E-state index >= 15 is 0 Å². The molecular weight excluding hydrogens is 284 g/mol. The van der Waals surface area contributed by atoms with Crippen molar-refractivity contribution < 1.29 is 13.5 Å². The predicted octanol–water partition coefficient (Wildman–Crippen LogP) is 4.76. The Kier molecular flexibility index (Phi) is 4.57. The van der Waals surface area contributed by atoms with Crippen molar-refractivity contribution in [2.24, 2.45) is 0 Å². The molecule has 22 heavy (non-hydrogen) atoms. The minimum Gasteiger partial charge on any atom is -0.497 e. The van der Waals surface area contributed by atoms with E-state index in [1.807, 2.05) is 6.07 Å². The molecule has 0 amide bonds. The molecule has 0 heterocycles. The van der Waals surface area contributed by atoms with Gasteiger partial charge in [0.25, 0.3) is 5.92 Å². The average molecular weight is 299 g/mol. The zero-order valence-corrected chi connectivity index (χ0v) is 12.1. The van der Waals surface area contributed by atoms with Crippen molar-refractivity contribution in [2.45, 2.75) is 12.3 Å². The summed E-state index contributed by atoms with van der Waals surface area (Å²) < 4.78 is 33.6. The molecule has 0 aliphatic rings. The molecule has 0 bridgehead atoms. The van der Waals surface area contributed by atoms with Crippen LogP contribution in [0.1, 0.15) is 23.1 Å². The number of hydrogen-bond donors (Lipinski definition) is 0. The second kappa shape index (κ2) is 6.40. The van der Waals surface area contributed by atoms with Crippen molar-refractivity contribution in [3.8, 4) is 11.8 Å². The van der Waals surface area contributed by atoms with Gasteiger partial charge in [-0.3, -0.25) is 0 Å². The van der Waals surface area contributed by atoms with E-state index in [1.54, 1.807) is 31.4 Å². The number of hydrogen-bond acceptors (Lipinski definition) is 2. The monoisotopic (exact) mass is 299 g/mol. The van der Waals surface area contributed by atoms with Crippen LogP contribution in [0.15, 0.2) is 55.1 Å². The van der Waals surface area contributed by atoms with Crippen LogP contribution in [0, 0.1) is 11.3 Å². The lowest BCUT2D eigenvalue weighted by atomic mass is 9.96. The maximum atomic E-state index is 14.3. The maximum absolute atomic E-state index is 14.3. The lowest BCUT2D eigenvalue weighted by molar-refractivity contribution is 0.00164. The number of methoxy groups -OCH3 is 1. The average Bonchev–Trinajstić information content (AvgIpc) is 2.54. The first-order valence-corrected chi connectivity index (χ1v) is 6.67. The van der Waals surface area contributed by atoms with Crippen molar-refractivity contribution in [1.29, 1.82) is 5.26 Å². The lowest BCUT2D eigenvalue weighted by Gasteiger charge is -2.18. The van der Waals surface area contributed by atoms with Gasteiger partial charge < -0.3 is 4.74 Å². The fourth-order valence-corrected chi connectivity index (χ4v) is 2.09. The third kappa shape index (κ3) is 3.50. The summed E-state index contributed by atoms with van der Waals surface area (Å²) >= 11 is 0. The van der Waals surface area contributed by atoms with E-state index in [0.717, 1.165) is 0 Å². The number of halogens is 2. The topological polar surface area (TPSA) is 33.0 Å². The Morgan fingerprint density at radius 2 is 1.73 bits per heavy atom. The van der Waals surface area contributed by atoms with Crippen molar-refractivity contribution in [1.82, 2.24) is 0 Å². The molecule has 4 heteroatoms. The minimum absolute atomic E-state index is 0.124. The van der Waals surface area contributed by atoms with Crippen LogP contribution >= 0.6 is 0 Å². The standard InChI is InChI=1S/C18H15F2NO/c1-13(15-5-9-17(22-2)10-6-15)11-18(19,20)16-7-3-14(12-21)4-8-16/h3-10H,1,11H2,2H3. The van der Waals surface area contributed by atoms with Crippen molar-refractivity contribution in [2.75, 3.05) is 7.11 Å². The van der Waals surface area contributed by atoms with Gasteiger partial charge in [0.15, 0.2) is 0 Å². The van der Waals surface area contributed by atoms with E-state index in [2.05, 4.69) is 6.58 Å². The fraction of sp³-hybridized carbons (Fsp3) is 0.167. The summed E-state index contributed by atoms with van der Waals surface area (Å²) in [5, 5.41) is 8.71. The highest BCUT2D eigenvalue weighted by molar-refractivity contribution is 5.64. The SMILES string of the molecule is C=C(CC(F)(F)c1ccc(C#N)cc1)c1ccc(OC)cc1. The van der Waals surface area contributed by atoms with Crippen molar-refractivity contribution >= 4 is 5.57 Å². The van der Waals surface area contributed by atoms with Crippen LogP contribution in [0.3, 0.4) is 0 Å². The van der Waals surface area contributed by atoms with Gasteiger partial charge >= 0.3 is 0 Å². The zero-order valence-electron chi connectivity index (χ0n) is 12.1. The van der Waals surface area contributed by atoms with E-state index in [0.29, 0.717) is 22.4 Å². The molecule has 2 aromatic rings. The Morgan fingerprint density at radius 1 is 1.14 bits per heavy atom. The normalized spacial score (nSPS) is 10.8. The van der Waals surface area contributed by atoms with Gasteiger partial charge in [0.1, 0.15) is 5.75 Å². The van der Waals surface area contributed by atoms with E-state index in [9.17, 15) is 8.78 Å². The van der Waals surface area contributed by atoms with Crippen LogP contribution in [0.5, 0.6) is 5.75 Å². The Morgan fingerprint density at radius 3 is 2.23 bits per heavy atom. The molecule has 2 nitrogen and oxygen atoms in total. The van der Waals surface area contributed by atoms with E-state index in [-0.39, 0.29) is 5.56 Å². The highest BCUT2D eigenvalue weighted by atomic mass is 19.3. The smallest absolute Gasteiger partial charge is 0.277 e. The molecule has 112 valence electrons.